The predicted octanol–water partition coefficient (Wildman–Crippen LogP) is 1.75. The molecule has 1 saturated carbocycles. The van der Waals surface area contributed by atoms with E-state index in [2.05, 4.69) is 0 Å². The molecule has 2 N–H and O–H groups in total. The molecule has 1 aliphatic heterocycles. The molecular formula is C14H18N2O2. The van der Waals surface area contributed by atoms with Gasteiger partial charge in [-0.25, -0.2) is 4.79 Å². The lowest BCUT2D eigenvalue weighted by Crippen LogP contribution is -2.70. The van der Waals surface area contributed by atoms with Crippen molar-refractivity contribution in [2.24, 2.45) is 11.1 Å². The summed E-state index contributed by atoms with van der Waals surface area (Å²) in [5.41, 5.74) is 7.20. The topological polar surface area (TPSA) is 55.6 Å². The number of benzene rings is 1. The fraction of sp³-hybridized carbons (Fsp3) is 0.500. The molecule has 1 aromatic carbocycles. The lowest BCUT2D eigenvalue weighted by Gasteiger charge is -2.58. The number of hydrogen-bond donors (Lipinski definition) is 1. The summed E-state index contributed by atoms with van der Waals surface area (Å²) in [4.78, 5) is 13.5. The van der Waals surface area contributed by atoms with Gasteiger partial charge in [-0.1, -0.05) is 30.3 Å². The Balaban J connectivity index is 1.46. The molecule has 2 aliphatic rings. The maximum Gasteiger partial charge on any atom is 0.410 e. The Hall–Kier alpha value is -1.55. The third kappa shape index (κ3) is 1.86. The van der Waals surface area contributed by atoms with Crippen molar-refractivity contribution in [3.8, 4) is 0 Å². The Bertz CT molecular complexity index is 440. The normalized spacial score (nSPS) is 24.3. The number of carbonyl (C=O) groups is 1. The van der Waals surface area contributed by atoms with Crippen molar-refractivity contribution >= 4 is 6.09 Å². The Morgan fingerprint density at radius 1 is 1.39 bits per heavy atom. The first-order chi connectivity index (χ1) is 8.70. The molecule has 1 aromatic rings. The van der Waals surface area contributed by atoms with Gasteiger partial charge in [0, 0.05) is 24.5 Å². The van der Waals surface area contributed by atoms with E-state index in [0.29, 0.717) is 6.61 Å². The summed E-state index contributed by atoms with van der Waals surface area (Å²) >= 11 is 0. The lowest BCUT2D eigenvalue weighted by molar-refractivity contribution is -0.0699. The summed E-state index contributed by atoms with van der Waals surface area (Å²) in [6.07, 6.45) is 2.02. The number of rotatable bonds is 2. The third-order valence-corrected chi connectivity index (χ3v) is 4.21. The summed E-state index contributed by atoms with van der Waals surface area (Å²) in [5.74, 6) is 0. The molecule has 0 radical (unpaired) electrons. The molecule has 1 aliphatic carbocycles. The van der Waals surface area contributed by atoms with Gasteiger partial charge in [0.25, 0.3) is 0 Å². The molecule has 1 saturated heterocycles. The van der Waals surface area contributed by atoms with Crippen LogP contribution in [0.15, 0.2) is 30.3 Å². The fourth-order valence-corrected chi connectivity index (χ4v) is 2.77. The highest BCUT2D eigenvalue weighted by atomic mass is 16.6. The first-order valence-corrected chi connectivity index (χ1v) is 6.41. The monoisotopic (exact) mass is 246 g/mol. The summed E-state index contributed by atoms with van der Waals surface area (Å²) in [5, 5.41) is 0. The van der Waals surface area contributed by atoms with Crippen LogP contribution in [-0.4, -0.2) is 30.1 Å². The number of carbonyl (C=O) groups excluding carboxylic acids is 1. The van der Waals surface area contributed by atoms with Gasteiger partial charge in [-0.3, -0.25) is 0 Å². The SMILES string of the molecule is N[C@H]1CCC12CN(C(=O)OCc1ccccc1)C2. The molecular weight excluding hydrogens is 228 g/mol. The van der Waals surface area contributed by atoms with Crippen LogP contribution in [0.4, 0.5) is 4.79 Å². The second-order valence-corrected chi connectivity index (χ2v) is 5.40. The van der Waals surface area contributed by atoms with Crippen molar-refractivity contribution in [3.63, 3.8) is 0 Å². The smallest absolute Gasteiger partial charge is 0.410 e. The average molecular weight is 246 g/mol. The van der Waals surface area contributed by atoms with E-state index in [0.717, 1.165) is 31.5 Å². The van der Waals surface area contributed by atoms with E-state index in [1.807, 2.05) is 30.3 Å². The van der Waals surface area contributed by atoms with Crippen molar-refractivity contribution in [1.82, 2.24) is 4.90 Å². The van der Waals surface area contributed by atoms with Gasteiger partial charge >= 0.3 is 6.09 Å². The van der Waals surface area contributed by atoms with E-state index in [1.54, 1.807) is 4.90 Å². The van der Waals surface area contributed by atoms with Crippen LogP contribution in [-0.2, 0) is 11.3 Å². The molecule has 0 bridgehead atoms. The highest BCUT2D eigenvalue weighted by molar-refractivity contribution is 5.69. The molecule has 1 spiro atoms. The number of ether oxygens (including phenoxy) is 1. The van der Waals surface area contributed by atoms with Gasteiger partial charge in [0.15, 0.2) is 0 Å². The molecule has 4 heteroatoms. The molecule has 96 valence electrons. The minimum atomic E-state index is -0.219. The van der Waals surface area contributed by atoms with Crippen molar-refractivity contribution in [3.05, 3.63) is 35.9 Å². The first kappa shape index (κ1) is 11.5. The van der Waals surface area contributed by atoms with Crippen molar-refractivity contribution in [2.45, 2.75) is 25.5 Å². The van der Waals surface area contributed by atoms with Crippen LogP contribution in [0.3, 0.4) is 0 Å². The zero-order valence-electron chi connectivity index (χ0n) is 10.3. The van der Waals surface area contributed by atoms with Crippen LogP contribution in [0.25, 0.3) is 0 Å². The van der Waals surface area contributed by atoms with Gasteiger partial charge in [0.2, 0.25) is 0 Å². The fourth-order valence-electron chi connectivity index (χ4n) is 2.77. The Morgan fingerprint density at radius 2 is 2.11 bits per heavy atom. The standard InChI is InChI=1S/C14H18N2O2/c15-12-6-7-14(12)9-16(10-14)13(17)18-8-11-4-2-1-3-5-11/h1-5,12H,6-10,15H2/t12-/m0/s1. The maximum atomic E-state index is 11.8. The van der Waals surface area contributed by atoms with Crippen molar-refractivity contribution < 1.29 is 9.53 Å². The van der Waals surface area contributed by atoms with Gasteiger partial charge in [-0.2, -0.15) is 0 Å². The van der Waals surface area contributed by atoms with E-state index in [9.17, 15) is 4.79 Å². The number of nitrogens with zero attached hydrogens (tertiary/aromatic N) is 1. The molecule has 2 fully saturated rings. The van der Waals surface area contributed by atoms with E-state index in [1.165, 1.54) is 0 Å². The van der Waals surface area contributed by atoms with Gasteiger partial charge in [-0.15, -0.1) is 0 Å². The van der Waals surface area contributed by atoms with E-state index in [4.69, 9.17) is 10.5 Å². The maximum absolute atomic E-state index is 11.8. The second-order valence-electron chi connectivity index (χ2n) is 5.40. The predicted molar refractivity (Wildman–Crippen MR) is 67.8 cm³/mol. The van der Waals surface area contributed by atoms with Crippen LogP contribution in [0.1, 0.15) is 18.4 Å². The molecule has 0 aromatic heterocycles. The van der Waals surface area contributed by atoms with Gasteiger partial charge < -0.3 is 15.4 Å². The number of nitrogens with two attached hydrogens (primary N) is 1. The first-order valence-electron chi connectivity index (χ1n) is 6.41. The summed E-state index contributed by atoms with van der Waals surface area (Å²) < 4.78 is 5.28. The van der Waals surface area contributed by atoms with Gasteiger partial charge in [0.05, 0.1) is 0 Å². The summed E-state index contributed by atoms with van der Waals surface area (Å²) in [6.45, 7) is 1.87. The lowest BCUT2D eigenvalue weighted by atomic mass is 9.60. The Kier molecular flexibility index (Phi) is 2.74. The van der Waals surface area contributed by atoms with Crippen molar-refractivity contribution in [1.29, 1.82) is 0 Å². The summed E-state index contributed by atoms with van der Waals surface area (Å²) in [6, 6.07) is 10.0. The van der Waals surface area contributed by atoms with Crippen LogP contribution >= 0.6 is 0 Å². The Labute approximate surface area is 107 Å². The molecule has 4 nitrogen and oxygen atoms in total. The molecule has 1 atom stereocenters. The molecule has 0 unspecified atom stereocenters. The van der Waals surface area contributed by atoms with Crippen LogP contribution in [0.2, 0.25) is 0 Å². The van der Waals surface area contributed by atoms with E-state index < -0.39 is 0 Å². The number of hydrogen-bond acceptors (Lipinski definition) is 3. The van der Waals surface area contributed by atoms with E-state index in [-0.39, 0.29) is 17.6 Å². The highest BCUT2D eigenvalue weighted by Gasteiger charge is 2.54. The minimum Gasteiger partial charge on any atom is -0.445 e. The van der Waals surface area contributed by atoms with Gasteiger partial charge in [0.1, 0.15) is 6.61 Å². The zero-order valence-corrected chi connectivity index (χ0v) is 10.3. The second kappa shape index (κ2) is 4.28. The molecule has 18 heavy (non-hydrogen) atoms. The van der Waals surface area contributed by atoms with Crippen LogP contribution in [0, 0.1) is 5.41 Å². The summed E-state index contributed by atoms with van der Waals surface area (Å²) in [7, 11) is 0. The van der Waals surface area contributed by atoms with Gasteiger partial charge in [-0.05, 0) is 18.4 Å². The number of amides is 1. The number of likely N-dealkylation sites (tertiary alicyclic amines) is 1. The average Bonchev–Trinajstić information content (AvgIpc) is 2.34. The third-order valence-electron chi connectivity index (χ3n) is 4.21. The molecule has 3 rings (SSSR count). The van der Waals surface area contributed by atoms with E-state index >= 15 is 0 Å². The van der Waals surface area contributed by atoms with Crippen LogP contribution < -0.4 is 5.73 Å². The Morgan fingerprint density at radius 3 is 2.67 bits per heavy atom. The minimum absolute atomic E-state index is 0.214. The van der Waals surface area contributed by atoms with Crippen LogP contribution in [0.5, 0.6) is 0 Å². The zero-order chi connectivity index (χ0) is 12.6. The quantitative estimate of drug-likeness (QED) is 0.865. The molecule has 1 amide bonds. The largest absolute Gasteiger partial charge is 0.445 e. The molecule has 1 heterocycles. The van der Waals surface area contributed by atoms with Crippen molar-refractivity contribution in [2.75, 3.05) is 13.1 Å². The highest BCUT2D eigenvalue weighted by Crippen LogP contribution is 2.47.